The van der Waals surface area contributed by atoms with E-state index in [1.165, 1.54) is 4.88 Å². The van der Waals surface area contributed by atoms with Gasteiger partial charge in [0.1, 0.15) is 11.3 Å². The summed E-state index contributed by atoms with van der Waals surface area (Å²) < 4.78 is 2.98. The molecule has 0 saturated heterocycles. The number of fused-ring (bicyclic) bond motifs is 1. The Bertz CT molecular complexity index is 705. The first kappa shape index (κ1) is 12.9. The topological polar surface area (TPSA) is 30.7 Å². The maximum Gasteiger partial charge on any atom is 0.124 e. The molecule has 0 spiro atoms. The van der Waals surface area contributed by atoms with Crippen LogP contribution in [0.1, 0.15) is 10.7 Å². The Morgan fingerprint density at radius 2 is 2.16 bits per heavy atom. The molecule has 0 atom stereocenters. The Hall–Kier alpha value is -1.10. The number of imidazole rings is 1. The van der Waals surface area contributed by atoms with Gasteiger partial charge in [0, 0.05) is 17.6 Å². The summed E-state index contributed by atoms with van der Waals surface area (Å²) in [6, 6.07) is 5.97. The Morgan fingerprint density at radius 3 is 2.89 bits per heavy atom. The van der Waals surface area contributed by atoms with E-state index >= 15 is 0 Å². The third-order valence-electron chi connectivity index (χ3n) is 2.96. The van der Waals surface area contributed by atoms with E-state index in [4.69, 9.17) is 23.2 Å². The van der Waals surface area contributed by atoms with Crippen molar-refractivity contribution in [3.05, 3.63) is 45.6 Å². The van der Waals surface area contributed by atoms with Crippen LogP contribution in [0.5, 0.6) is 0 Å². The Morgan fingerprint density at radius 1 is 1.26 bits per heavy atom. The summed E-state index contributed by atoms with van der Waals surface area (Å²) in [6.07, 6.45) is 4.47. The average molecular weight is 312 g/mol. The van der Waals surface area contributed by atoms with E-state index in [1.54, 1.807) is 23.7 Å². The molecule has 0 N–H and O–H groups in total. The van der Waals surface area contributed by atoms with Crippen LogP contribution in [0.25, 0.3) is 11.0 Å². The molecule has 3 heterocycles. The number of nitrogens with zero attached hydrogens (tertiary/aromatic N) is 3. The SMILES string of the molecule is ClCc1nc2cnccc2n1CCc1ccc(Cl)s1. The second kappa shape index (κ2) is 5.49. The second-order valence-corrected chi connectivity index (χ2v) is 6.20. The number of alkyl halides is 1. The van der Waals surface area contributed by atoms with E-state index in [0.29, 0.717) is 5.88 Å². The van der Waals surface area contributed by atoms with Crippen LogP contribution < -0.4 is 0 Å². The fourth-order valence-electron chi connectivity index (χ4n) is 2.09. The van der Waals surface area contributed by atoms with Crippen molar-refractivity contribution in [2.45, 2.75) is 18.8 Å². The van der Waals surface area contributed by atoms with Crippen molar-refractivity contribution in [3.63, 3.8) is 0 Å². The lowest BCUT2D eigenvalue weighted by Gasteiger charge is -2.06. The maximum atomic E-state index is 5.97. The zero-order chi connectivity index (χ0) is 13.2. The third-order valence-corrected chi connectivity index (χ3v) is 4.49. The average Bonchev–Trinajstić information content (AvgIpc) is 2.99. The largest absolute Gasteiger partial charge is 0.327 e. The van der Waals surface area contributed by atoms with Crippen molar-refractivity contribution in [2.75, 3.05) is 0 Å². The molecular weight excluding hydrogens is 301 g/mol. The molecule has 0 aliphatic carbocycles. The van der Waals surface area contributed by atoms with Gasteiger partial charge < -0.3 is 4.57 Å². The smallest absolute Gasteiger partial charge is 0.124 e. The van der Waals surface area contributed by atoms with Crippen LogP contribution in [-0.2, 0) is 18.8 Å². The predicted octanol–water partition coefficient (Wildman–Crippen LogP) is 4.13. The first-order chi connectivity index (χ1) is 9.28. The third kappa shape index (κ3) is 2.61. The molecule has 0 saturated carbocycles. The zero-order valence-electron chi connectivity index (χ0n) is 10.0. The molecule has 19 heavy (non-hydrogen) atoms. The van der Waals surface area contributed by atoms with E-state index in [-0.39, 0.29) is 0 Å². The molecule has 3 nitrogen and oxygen atoms in total. The van der Waals surface area contributed by atoms with Gasteiger partial charge >= 0.3 is 0 Å². The fraction of sp³-hybridized carbons (Fsp3) is 0.231. The molecule has 0 aromatic carbocycles. The van der Waals surface area contributed by atoms with Crippen molar-refractivity contribution >= 4 is 45.6 Å². The summed E-state index contributed by atoms with van der Waals surface area (Å²) in [5.41, 5.74) is 1.97. The minimum absolute atomic E-state index is 0.403. The maximum absolute atomic E-state index is 5.97. The Kier molecular flexibility index (Phi) is 3.73. The van der Waals surface area contributed by atoms with Crippen molar-refractivity contribution in [2.24, 2.45) is 0 Å². The first-order valence-corrected chi connectivity index (χ1v) is 7.60. The van der Waals surface area contributed by atoms with Crippen molar-refractivity contribution in [1.82, 2.24) is 14.5 Å². The number of hydrogen-bond acceptors (Lipinski definition) is 3. The van der Waals surface area contributed by atoms with Crippen molar-refractivity contribution in [3.8, 4) is 0 Å². The van der Waals surface area contributed by atoms with Gasteiger partial charge in [-0.15, -0.1) is 22.9 Å². The highest BCUT2D eigenvalue weighted by atomic mass is 35.5. The van der Waals surface area contributed by atoms with E-state index < -0.39 is 0 Å². The lowest BCUT2D eigenvalue weighted by atomic mass is 10.3. The number of hydrogen-bond donors (Lipinski definition) is 0. The second-order valence-electron chi connectivity index (χ2n) is 4.13. The standard InChI is InChI=1S/C13H11Cl2N3S/c14-7-13-17-10-8-16-5-3-11(10)18(13)6-4-9-1-2-12(15)19-9/h1-3,5,8H,4,6-7H2. The van der Waals surface area contributed by atoms with Crippen LogP contribution >= 0.6 is 34.5 Å². The summed E-state index contributed by atoms with van der Waals surface area (Å²) in [7, 11) is 0. The van der Waals surface area contributed by atoms with Crippen LogP contribution in [0.15, 0.2) is 30.6 Å². The highest BCUT2D eigenvalue weighted by Crippen LogP contribution is 2.23. The highest BCUT2D eigenvalue weighted by Gasteiger charge is 2.10. The number of pyridine rings is 1. The first-order valence-electron chi connectivity index (χ1n) is 5.87. The normalized spacial score (nSPS) is 11.3. The van der Waals surface area contributed by atoms with Gasteiger partial charge in [0.2, 0.25) is 0 Å². The molecule has 0 amide bonds. The van der Waals surface area contributed by atoms with Crippen molar-refractivity contribution < 1.29 is 0 Å². The number of thiophene rings is 1. The summed E-state index contributed by atoms with van der Waals surface area (Å²) in [4.78, 5) is 9.85. The lowest BCUT2D eigenvalue weighted by molar-refractivity contribution is 0.693. The number of halogens is 2. The quantitative estimate of drug-likeness (QED) is 0.678. The van der Waals surface area contributed by atoms with Gasteiger partial charge in [0.05, 0.1) is 21.9 Å². The monoisotopic (exact) mass is 311 g/mol. The molecule has 3 aromatic heterocycles. The molecule has 0 radical (unpaired) electrons. The van der Waals surface area contributed by atoms with Gasteiger partial charge in [-0.3, -0.25) is 4.98 Å². The predicted molar refractivity (Wildman–Crippen MR) is 80.1 cm³/mol. The van der Waals surface area contributed by atoms with Crippen LogP contribution in [-0.4, -0.2) is 14.5 Å². The summed E-state index contributed by atoms with van der Waals surface area (Å²) in [6.45, 7) is 0.847. The fourth-order valence-corrected chi connectivity index (χ4v) is 3.37. The zero-order valence-corrected chi connectivity index (χ0v) is 12.3. The van der Waals surface area contributed by atoms with Crippen molar-refractivity contribution in [1.29, 1.82) is 0 Å². The number of rotatable bonds is 4. The Labute approximate surface area is 124 Å². The van der Waals surface area contributed by atoms with Crippen LogP contribution in [0, 0.1) is 0 Å². The van der Waals surface area contributed by atoms with Gasteiger partial charge in [0.15, 0.2) is 0 Å². The van der Waals surface area contributed by atoms with Crippen LogP contribution in [0.3, 0.4) is 0 Å². The Balaban J connectivity index is 1.90. The van der Waals surface area contributed by atoms with E-state index in [1.807, 2.05) is 12.1 Å². The van der Waals surface area contributed by atoms with E-state index in [0.717, 1.165) is 34.2 Å². The molecule has 0 aliphatic heterocycles. The summed E-state index contributed by atoms with van der Waals surface area (Å²) >= 11 is 13.5. The summed E-state index contributed by atoms with van der Waals surface area (Å²) in [5, 5.41) is 0. The van der Waals surface area contributed by atoms with E-state index in [9.17, 15) is 0 Å². The minimum atomic E-state index is 0.403. The molecule has 98 valence electrons. The highest BCUT2D eigenvalue weighted by molar-refractivity contribution is 7.16. The number of aryl methyl sites for hydroxylation is 2. The van der Waals surface area contributed by atoms with Crippen LogP contribution in [0.4, 0.5) is 0 Å². The van der Waals surface area contributed by atoms with E-state index in [2.05, 4.69) is 20.6 Å². The molecule has 3 rings (SSSR count). The lowest BCUT2D eigenvalue weighted by Crippen LogP contribution is -2.04. The molecule has 3 aromatic rings. The van der Waals surface area contributed by atoms with Gasteiger partial charge in [-0.25, -0.2) is 4.98 Å². The van der Waals surface area contributed by atoms with Gasteiger partial charge in [-0.1, -0.05) is 11.6 Å². The van der Waals surface area contributed by atoms with Gasteiger partial charge in [0.25, 0.3) is 0 Å². The molecule has 0 fully saturated rings. The molecule has 0 aliphatic rings. The molecule has 6 heteroatoms. The molecule has 0 bridgehead atoms. The van der Waals surface area contributed by atoms with Gasteiger partial charge in [-0.05, 0) is 24.6 Å². The van der Waals surface area contributed by atoms with Crippen LogP contribution in [0.2, 0.25) is 4.34 Å². The molecular formula is C13H11Cl2N3S. The molecule has 0 unspecified atom stereocenters. The summed E-state index contributed by atoms with van der Waals surface area (Å²) in [5.74, 6) is 1.28. The van der Waals surface area contributed by atoms with Gasteiger partial charge in [-0.2, -0.15) is 0 Å². The number of aromatic nitrogens is 3. The minimum Gasteiger partial charge on any atom is -0.327 e.